The SMILES string of the molecule is CCOc1ccc(C(C)O)cc1CN1Cc2ccccc2CC1C(N)=O. The maximum atomic E-state index is 12.1. The van der Waals surface area contributed by atoms with Crippen LogP contribution >= 0.6 is 0 Å². The zero-order valence-electron chi connectivity index (χ0n) is 15.3. The molecule has 5 heteroatoms. The van der Waals surface area contributed by atoms with E-state index in [0.717, 1.165) is 16.9 Å². The van der Waals surface area contributed by atoms with Crippen LogP contribution in [0.1, 0.15) is 42.2 Å². The van der Waals surface area contributed by atoms with Crippen molar-refractivity contribution in [2.45, 2.75) is 45.5 Å². The van der Waals surface area contributed by atoms with Gasteiger partial charge in [0.15, 0.2) is 0 Å². The predicted octanol–water partition coefficient (Wildman–Crippen LogP) is 2.55. The molecule has 138 valence electrons. The third-order valence-corrected chi connectivity index (χ3v) is 4.91. The Balaban J connectivity index is 1.93. The normalized spacial score (nSPS) is 18.2. The topological polar surface area (TPSA) is 75.8 Å². The van der Waals surface area contributed by atoms with Gasteiger partial charge < -0.3 is 15.6 Å². The summed E-state index contributed by atoms with van der Waals surface area (Å²) in [6, 6.07) is 13.5. The third kappa shape index (κ3) is 3.89. The van der Waals surface area contributed by atoms with E-state index in [4.69, 9.17) is 10.5 Å². The molecule has 0 aliphatic carbocycles. The van der Waals surface area contributed by atoms with E-state index in [9.17, 15) is 9.90 Å². The fraction of sp³-hybridized carbons (Fsp3) is 0.381. The average molecular weight is 354 g/mol. The van der Waals surface area contributed by atoms with Crippen molar-refractivity contribution >= 4 is 5.91 Å². The lowest BCUT2D eigenvalue weighted by molar-refractivity contribution is -0.124. The highest BCUT2D eigenvalue weighted by Gasteiger charge is 2.30. The predicted molar refractivity (Wildman–Crippen MR) is 101 cm³/mol. The van der Waals surface area contributed by atoms with Gasteiger partial charge in [0, 0.05) is 18.7 Å². The fourth-order valence-corrected chi connectivity index (χ4v) is 3.52. The molecule has 2 aromatic carbocycles. The molecule has 0 saturated heterocycles. The van der Waals surface area contributed by atoms with Gasteiger partial charge in [-0.15, -0.1) is 0 Å². The maximum absolute atomic E-state index is 12.1. The van der Waals surface area contributed by atoms with E-state index < -0.39 is 6.10 Å². The first-order valence-corrected chi connectivity index (χ1v) is 9.03. The summed E-state index contributed by atoms with van der Waals surface area (Å²) in [6.45, 7) is 5.44. The number of benzene rings is 2. The molecule has 0 saturated carbocycles. The highest BCUT2D eigenvalue weighted by Crippen LogP contribution is 2.29. The van der Waals surface area contributed by atoms with Crippen molar-refractivity contribution in [3.63, 3.8) is 0 Å². The molecule has 26 heavy (non-hydrogen) atoms. The summed E-state index contributed by atoms with van der Waals surface area (Å²) in [4.78, 5) is 14.2. The first-order chi connectivity index (χ1) is 12.5. The number of fused-ring (bicyclic) bond motifs is 1. The van der Waals surface area contributed by atoms with Crippen LogP contribution < -0.4 is 10.5 Å². The van der Waals surface area contributed by atoms with Crippen LogP contribution in [-0.2, 0) is 24.3 Å². The number of ether oxygens (including phenoxy) is 1. The molecule has 1 heterocycles. The Morgan fingerprint density at radius 1 is 1.31 bits per heavy atom. The summed E-state index contributed by atoms with van der Waals surface area (Å²) in [5.74, 6) is 0.461. The zero-order chi connectivity index (χ0) is 18.7. The Morgan fingerprint density at radius 3 is 2.69 bits per heavy atom. The van der Waals surface area contributed by atoms with E-state index in [-0.39, 0.29) is 11.9 Å². The van der Waals surface area contributed by atoms with Crippen molar-refractivity contribution in [1.82, 2.24) is 4.90 Å². The van der Waals surface area contributed by atoms with Crippen molar-refractivity contribution in [2.24, 2.45) is 5.73 Å². The van der Waals surface area contributed by atoms with E-state index >= 15 is 0 Å². The quantitative estimate of drug-likeness (QED) is 0.836. The largest absolute Gasteiger partial charge is 0.494 e. The molecule has 5 nitrogen and oxygen atoms in total. The lowest BCUT2D eigenvalue weighted by Crippen LogP contribution is -2.48. The van der Waals surface area contributed by atoms with Crippen molar-refractivity contribution in [1.29, 1.82) is 0 Å². The molecule has 3 rings (SSSR count). The van der Waals surface area contributed by atoms with Gasteiger partial charge in [0.1, 0.15) is 5.75 Å². The van der Waals surface area contributed by atoms with Gasteiger partial charge in [-0.05, 0) is 49.1 Å². The van der Waals surface area contributed by atoms with E-state index in [2.05, 4.69) is 17.0 Å². The number of primary amides is 1. The number of carbonyl (C=O) groups excluding carboxylic acids is 1. The van der Waals surface area contributed by atoms with Crippen molar-refractivity contribution in [3.8, 4) is 5.75 Å². The molecule has 1 amide bonds. The van der Waals surface area contributed by atoms with Crippen LogP contribution in [0, 0.1) is 0 Å². The number of aliphatic hydroxyl groups excluding tert-OH is 1. The summed E-state index contributed by atoms with van der Waals surface area (Å²) < 4.78 is 5.75. The third-order valence-electron chi connectivity index (χ3n) is 4.91. The number of rotatable bonds is 6. The minimum Gasteiger partial charge on any atom is -0.494 e. The molecular formula is C21H26N2O3. The number of nitrogens with two attached hydrogens (primary N) is 1. The molecular weight excluding hydrogens is 328 g/mol. The van der Waals surface area contributed by atoms with Crippen LogP contribution in [0.5, 0.6) is 5.75 Å². The smallest absolute Gasteiger partial charge is 0.235 e. The van der Waals surface area contributed by atoms with Gasteiger partial charge in [-0.1, -0.05) is 30.3 Å². The molecule has 0 radical (unpaired) electrons. The van der Waals surface area contributed by atoms with Crippen molar-refractivity contribution in [2.75, 3.05) is 6.61 Å². The van der Waals surface area contributed by atoms with Gasteiger partial charge in [-0.25, -0.2) is 0 Å². The fourth-order valence-electron chi connectivity index (χ4n) is 3.52. The molecule has 0 aromatic heterocycles. The first kappa shape index (κ1) is 18.4. The molecule has 1 aliphatic rings. The lowest BCUT2D eigenvalue weighted by Gasteiger charge is -2.35. The van der Waals surface area contributed by atoms with Gasteiger partial charge in [-0.3, -0.25) is 9.69 Å². The monoisotopic (exact) mass is 354 g/mol. The van der Waals surface area contributed by atoms with Crippen molar-refractivity contribution < 1.29 is 14.6 Å². The Kier molecular flexibility index (Phi) is 5.59. The van der Waals surface area contributed by atoms with Crippen LogP contribution in [-0.4, -0.2) is 28.6 Å². The minimum atomic E-state index is -0.557. The van der Waals surface area contributed by atoms with E-state index in [1.807, 2.05) is 37.3 Å². The van der Waals surface area contributed by atoms with Gasteiger partial charge in [-0.2, -0.15) is 0 Å². The second-order valence-electron chi connectivity index (χ2n) is 6.77. The Morgan fingerprint density at radius 2 is 2.04 bits per heavy atom. The second kappa shape index (κ2) is 7.89. The maximum Gasteiger partial charge on any atom is 0.235 e. The van der Waals surface area contributed by atoms with Crippen molar-refractivity contribution in [3.05, 3.63) is 64.7 Å². The standard InChI is InChI=1S/C21H26N2O3/c1-3-26-20-9-8-15(14(2)24)10-18(20)13-23-12-17-7-5-4-6-16(17)11-19(23)21(22)25/h4-10,14,19,24H,3,11-13H2,1-2H3,(H2,22,25). The van der Waals surface area contributed by atoms with Crippen LogP contribution in [0.15, 0.2) is 42.5 Å². The van der Waals surface area contributed by atoms with Gasteiger partial charge in [0.05, 0.1) is 18.8 Å². The number of amides is 1. The second-order valence-corrected chi connectivity index (χ2v) is 6.77. The summed E-state index contributed by atoms with van der Waals surface area (Å²) in [5, 5.41) is 9.92. The van der Waals surface area contributed by atoms with E-state index in [1.165, 1.54) is 11.1 Å². The number of hydrogen-bond donors (Lipinski definition) is 2. The molecule has 0 spiro atoms. The number of carbonyl (C=O) groups is 1. The minimum absolute atomic E-state index is 0.316. The molecule has 2 atom stereocenters. The summed E-state index contributed by atoms with van der Waals surface area (Å²) in [7, 11) is 0. The Hall–Kier alpha value is -2.37. The van der Waals surface area contributed by atoms with Gasteiger partial charge in [0.2, 0.25) is 5.91 Å². The number of hydrogen-bond acceptors (Lipinski definition) is 4. The van der Waals surface area contributed by atoms with Gasteiger partial charge >= 0.3 is 0 Å². The van der Waals surface area contributed by atoms with Gasteiger partial charge in [0.25, 0.3) is 0 Å². The highest BCUT2D eigenvalue weighted by atomic mass is 16.5. The molecule has 0 bridgehead atoms. The first-order valence-electron chi connectivity index (χ1n) is 9.03. The lowest BCUT2D eigenvalue weighted by atomic mass is 9.93. The van der Waals surface area contributed by atoms with Crippen LogP contribution in [0.25, 0.3) is 0 Å². The molecule has 3 N–H and O–H groups in total. The zero-order valence-corrected chi connectivity index (χ0v) is 15.3. The van der Waals surface area contributed by atoms with Crippen LogP contribution in [0.3, 0.4) is 0 Å². The average Bonchev–Trinajstić information content (AvgIpc) is 2.62. The Labute approximate surface area is 154 Å². The molecule has 2 aromatic rings. The highest BCUT2D eigenvalue weighted by molar-refractivity contribution is 5.80. The van der Waals surface area contributed by atoms with Crippen LogP contribution in [0.4, 0.5) is 0 Å². The summed E-state index contributed by atoms with van der Waals surface area (Å²) in [5.41, 5.74) is 9.87. The number of nitrogens with zero attached hydrogens (tertiary/aromatic N) is 1. The van der Waals surface area contributed by atoms with E-state index in [0.29, 0.717) is 26.1 Å². The van der Waals surface area contributed by atoms with Crippen LogP contribution in [0.2, 0.25) is 0 Å². The summed E-state index contributed by atoms with van der Waals surface area (Å²) in [6.07, 6.45) is 0.0596. The van der Waals surface area contributed by atoms with E-state index in [1.54, 1.807) is 6.92 Å². The molecule has 2 unspecified atom stereocenters. The Bertz CT molecular complexity index is 789. The summed E-state index contributed by atoms with van der Waals surface area (Å²) >= 11 is 0. The number of aliphatic hydroxyl groups is 1. The molecule has 1 aliphatic heterocycles. The molecule has 0 fully saturated rings.